The minimum Gasteiger partial charge on any atom is -0.309 e. The molecule has 0 aliphatic carbocycles. The third-order valence-electron chi connectivity index (χ3n) is 9.66. The second kappa shape index (κ2) is 9.69. The van der Waals surface area contributed by atoms with Crippen LogP contribution >= 0.6 is 0 Å². The van der Waals surface area contributed by atoms with Gasteiger partial charge in [0.25, 0.3) is 0 Å². The van der Waals surface area contributed by atoms with E-state index < -0.39 is 0 Å². The zero-order valence-corrected chi connectivity index (χ0v) is 25.1. The SMILES string of the molecule is c1ccc2cc(-n3c4ccccc4c4cc(-c5cccc6c5c5ccccc5n6-c5ccc6ccccc6c5)ccc43)ccc2c1. The molecule has 214 valence electrons. The summed E-state index contributed by atoms with van der Waals surface area (Å²) in [5.74, 6) is 0. The molecule has 0 atom stereocenters. The lowest BCUT2D eigenvalue weighted by atomic mass is 9.98. The summed E-state index contributed by atoms with van der Waals surface area (Å²) in [5.41, 5.74) is 9.69. The van der Waals surface area contributed by atoms with Gasteiger partial charge in [-0.15, -0.1) is 0 Å². The van der Waals surface area contributed by atoms with Gasteiger partial charge in [0.2, 0.25) is 0 Å². The number of hydrogen-bond donors (Lipinski definition) is 0. The van der Waals surface area contributed by atoms with Crippen LogP contribution in [0.15, 0.2) is 170 Å². The number of fused-ring (bicyclic) bond motifs is 8. The molecule has 0 bridgehead atoms. The molecule has 0 saturated carbocycles. The van der Waals surface area contributed by atoms with Gasteiger partial charge in [0, 0.05) is 32.9 Å². The minimum atomic E-state index is 1.18. The smallest absolute Gasteiger partial charge is 0.0547 e. The first-order valence-electron chi connectivity index (χ1n) is 15.9. The van der Waals surface area contributed by atoms with Gasteiger partial charge in [-0.2, -0.15) is 0 Å². The minimum absolute atomic E-state index is 1.18. The van der Waals surface area contributed by atoms with E-state index in [0.29, 0.717) is 0 Å². The maximum atomic E-state index is 2.42. The van der Waals surface area contributed by atoms with Crippen LogP contribution in [0, 0.1) is 0 Å². The van der Waals surface area contributed by atoms with Crippen molar-refractivity contribution < 1.29 is 0 Å². The van der Waals surface area contributed by atoms with Crippen molar-refractivity contribution in [1.82, 2.24) is 9.13 Å². The Kier molecular flexibility index (Phi) is 5.31. The lowest BCUT2D eigenvalue weighted by Crippen LogP contribution is -1.94. The highest BCUT2D eigenvalue weighted by Gasteiger charge is 2.18. The first-order chi connectivity index (χ1) is 22.8. The van der Waals surface area contributed by atoms with Crippen LogP contribution in [0.3, 0.4) is 0 Å². The van der Waals surface area contributed by atoms with E-state index in [1.807, 2.05) is 0 Å². The van der Waals surface area contributed by atoms with E-state index in [2.05, 4.69) is 179 Å². The third-order valence-corrected chi connectivity index (χ3v) is 9.66. The normalized spacial score (nSPS) is 11.9. The van der Waals surface area contributed by atoms with Gasteiger partial charge in [0.15, 0.2) is 0 Å². The Bertz CT molecular complexity index is 2810. The fourth-order valence-corrected chi connectivity index (χ4v) is 7.59. The van der Waals surface area contributed by atoms with Crippen molar-refractivity contribution in [2.75, 3.05) is 0 Å². The molecule has 0 aliphatic rings. The van der Waals surface area contributed by atoms with Gasteiger partial charge in [0.1, 0.15) is 0 Å². The van der Waals surface area contributed by atoms with Crippen LogP contribution in [0.25, 0.3) is 87.7 Å². The molecule has 2 aromatic heterocycles. The molecule has 0 amide bonds. The molecule has 2 heteroatoms. The maximum absolute atomic E-state index is 2.42. The molecule has 0 saturated heterocycles. The molecule has 8 aromatic carbocycles. The monoisotopic (exact) mass is 584 g/mol. The highest BCUT2D eigenvalue weighted by Crippen LogP contribution is 2.41. The quantitative estimate of drug-likeness (QED) is 0.195. The molecule has 0 N–H and O–H groups in total. The summed E-state index contributed by atoms with van der Waals surface area (Å²) in [4.78, 5) is 0. The molecular formula is C44H28N2. The highest BCUT2D eigenvalue weighted by molar-refractivity contribution is 6.17. The van der Waals surface area contributed by atoms with Gasteiger partial charge < -0.3 is 9.13 Å². The molecule has 2 nitrogen and oxygen atoms in total. The van der Waals surface area contributed by atoms with E-state index in [-0.39, 0.29) is 0 Å². The number of para-hydroxylation sites is 2. The van der Waals surface area contributed by atoms with Crippen LogP contribution in [0.1, 0.15) is 0 Å². The molecule has 10 aromatic rings. The van der Waals surface area contributed by atoms with Crippen molar-refractivity contribution in [3.8, 4) is 22.5 Å². The summed E-state index contributed by atoms with van der Waals surface area (Å²) in [5, 5.41) is 10.1. The molecular weight excluding hydrogens is 556 g/mol. The Balaban J connectivity index is 1.22. The van der Waals surface area contributed by atoms with Gasteiger partial charge >= 0.3 is 0 Å². The van der Waals surface area contributed by atoms with Crippen molar-refractivity contribution in [2.24, 2.45) is 0 Å². The van der Waals surface area contributed by atoms with Crippen LogP contribution < -0.4 is 0 Å². The van der Waals surface area contributed by atoms with E-state index in [0.717, 1.165) is 0 Å². The lowest BCUT2D eigenvalue weighted by molar-refractivity contribution is 1.19. The van der Waals surface area contributed by atoms with Gasteiger partial charge in [-0.25, -0.2) is 0 Å². The van der Waals surface area contributed by atoms with Crippen LogP contribution in [0.5, 0.6) is 0 Å². The maximum Gasteiger partial charge on any atom is 0.0547 e. The van der Waals surface area contributed by atoms with E-state index in [9.17, 15) is 0 Å². The molecule has 0 unspecified atom stereocenters. The summed E-state index contributed by atoms with van der Waals surface area (Å²) >= 11 is 0. The highest BCUT2D eigenvalue weighted by atomic mass is 15.0. The van der Waals surface area contributed by atoms with Crippen LogP contribution in [0.4, 0.5) is 0 Å². The van der Waals surface area contributed by atoms with E-state index >= 15 is 0 Å². The average molecular weight is 585 g/mol. The van der Waals surface area contributed by atoms with Crippen LogP contribution in [0.2, 0.25) is 0 Å². The molecule has 10 rings (SSSR count). The Hall–Kier alpha value is -6.12. The van der Waals surface area contributed by atoms with Crippen molar-refractivity contribution in [3.05, 3.63) is 170 Å². The standard InChI is InChI=1S/C44H28N2/c1-3-12-31-26-34(23-20-29(31)10-1)45-40-17-7-5-14-37(40)39-28-33(22-25-42(39)45)36-16-9-19-43-44(36)38-15-6-8-18-41(38)46(43)35-24-21-30-11-2-4-13-32(30)27-35/h1-28H. The number of aromatic nitrogens is 2. The molecule has 0 spiro atoms. The largest absolute Gasteiger partial charge is 0.309 e. The van der Waals surface area contributed by atoms with E-state index in [4.69, 9.17) is 0 Å². The topological polar surface area (TPSA) is 9.86 Å². The van der Waals surface area contributed by atoms with Crippen molar-refractivity contribution in [2.45, 2.75) is 0 Å². The Morgan fingerprint density at radius 3 is 1.52 bits per heavy atom. The fourth-order valence-electron chi connectivity index (χ4n) is 7.59. The molecule has 0 fully saturated rings. The van der Waals surface area contributed by atoms with Gasteiger partial charge in [-0.3, -0.25) is 0 Å². The zero-order valence-electron chi connectivity index (χ0n) is 25.1. The first-order valence-corrected chi connectivity index (χ1v) is 15.9. The van der Waals surface area contributed by atoms with Crippen molar-refractivity contribution >= 4 is 65.2 Å². The van der Waals surface area contributed by atoms with Gasteiger partial charge in [-0.05, 0) is 87.3 Å². The summed E-state index contributed by atoms with van der Waals surface area (Å²) in [7, 11) is 0. The molecule has 0 radical (unpaired) electrons. The molecule has 46 heavy (non-hydrogen) atoms. The lowest BCUT2D eigenvalue weighted by Gasteiger charge is -2.11. The summed E-state index contributed by atoms with van der Waals surface area (Å²) in [6.07, 6.45) is 0. The predicted molar refractivity (Wildman–Crippen MR) is 196 cm³/mol. The first kappa shape index (κ1) is 25.2. The number of rotatable bonds is 3. The average Bonchev–Trinajstić information content (AvgIpc) is 3.64. The summed E-state index contributed by atoms with van der Waals surface area (Å²) < 4.78 is 4.83. The van der Waals surface area contributed by atoms with Crippen molar-refractivity contribution in [3.63, 3.8) is 0 Å². The van der Waals surface area contributed by atoms with E-state index in [1.54, 1.807) is 0 Å². The predicted octanol–water partition coefficient (Wildman–Crippen LogP) is 11.9. The second-order valence-corrected chi connectivity index (χ2v) is 12.2. The third kappa shape index (κ3) is 3.65. The summed E-state index contributed by atoms with van der Waals surface area (Å²) in [6, 6.07) is 62.1. The van der Waals surface area contributed by atoms with Crippen molar-refractivity contribution in [1.29, 1.82) is 0 Å². The summed E-state index contributed by atoms with van der Waals surface area (Å²) in [6.45, 7) is 0. The second-order valence-electron chi connectivity index (χ2n) is 12.2. The zero-order chi connectivity index (χ0) is 30.2. The molecule has 2 heterocycles. The Labute approximate surface area is 266 Å². The Morgan fingerprint density at radius 1 is 0.304 bits per heavy atom. The fraction of sp³-hybridized carbons (Fsp3) is 0. The molecule has 0 aliphatic heterocycles. The Morgan fingerprint density at radius 2 is 0.826 bits per heavy atom. The van der Waals surface area contributed by atoms with Crippen LogP contribution in [-0.2, 0) is 0 Å². The van der Waals surface area contributed by atoms with E-state index in [1.165, 1.54) is 87.7 Å². The van der Waals surface area contributed by atoms with Gasteiger partial charge in [0.05, 0.1) is 22.1 Å². The van der Waals surface area contributed by atoms with Crippen LogP contribution in [-0.4, -0.2) is 9.13 Å². The van der Waals surface area contributed by atoms with Gasteiger partial charge in [-0.1, -0.05) is 115 Å². The number of hydrogen-bond acceptors (Lipinski definition) is 0. The number of nitrogens with zero attached hydrogens (tertiary/aromatic N) is 2. The number of benzene rings is 8.